The minimum Gasteiger partial charge on any atom is -0.408 e. The van der Waals surface area contributed by atoms with E-state index in [9.17, 15) is 9.59 Å². The zero-order valence-corrected chi connectivity index (χ0v) is 15.9. The number of carbonyl (C=O) groups is 1. The molecule has 2 aromatic heterocycles. The van der Waals surface area contributed by atoms with Gasteiger partial charge in [-0.25, -0.2) is 9.78 Å². The molecule has 4 heterocycles. The quantitative estimate of drug-likeness (QED) is 0.724. The Labute approximate surface area is 161 Å². The lowest BCUT2D eigenvalue weighted by Crippen LogP contribution is -2.56. The Morgan fingerprint density at radius 2 is 2.04 bits per heavy atom. The number of carbonyl (C=O) groups excluding carboxylic acids is 1. The molecule has 2 aliphatic heterocycles. The first-order valence-electron chi connectivity index (χ1n) is 9.69. The van der Waals surface area contributed by atoms with Crippen LogP contribution in [-0.2, 0) is 23.3 Å². The third kappa shape index (κ3) is 2.51. The van der Waals surface area contributed by atoms with E-state index >= 15 is 0 Å². The van der Waals surface area contributed by atoms with Crippen LogP contribution in [0.1, 0.15) is 24.2 Å². The molecule has 1 amide bonds. The lowest BCUT2D eigenvalue weighted by atomic mass is 9.79. The standard InChI is InChI=1S/C20H23N5O3/c1-23-9-6-14-18(22-13-21-14)20(23)7-10-24(11-8-20)17(26)12-25-15-4-2-3-5-16(15)28-19(25)27/h2-5,13H,6-12H2,1H3,(H,21,22). The molecule has 8 nitrogen and oxygen atoms in total. The van der Waals surface area contributed by atoms with Crippen LogP contribution in [0.2, 0.25) is 0 Å². The van der Waals surface area contributed by atoms with Gasteiger partial charge in [0.1, 0.15) is 6.54 Å². The number of rotatable bonds is 2. The van der Waals surface area contributed by atoms with Crippen LogP contribution in [0.5, 0.6) is 0 Å². The van der Waals surface area contributed by atoms with Crippen molar-refractivity contribution in [2.45, 2.75) is 31.3 Å². The third-order valence-electron chi connectivity index (χ3n) is 6.40. The molecule has 0 saturated carbocycles. The van der Waals surface area contributed by atoms with E-state index < -0.39 is 5.76 Å². The Bertz CT molecular complexity index is 1090. The summed E-state index contributed by atoms with van der Waals surface area (Å²) in [4.78, 5) is 37.2. The third-order valence-corrected chi connectivity index (χ3v) is 6.40. The van der Waals surface area contributed by atoms with E-state index in [-0.39, 0.29) is 18.0 Å². The second-order valence-electron chi connectivity index (χ2n) is 7.74. The number of amides is 1. The molecule has 1 saturated heterocycles. The largest absolute Gasteiger partial charge is 0.420 e. The number of benzene rings is 1. The molecule has 1 N–H and O–H groups in total. The summed E-state index contributed by atoms with van der Waals surface area (Å²) >= 11 is 0. The summed E-state index contributed by atoms with van der Waals surface area (Å²) in [5, 5.41) is 0. The highest BCUT2D eigenvalue weighted by Gasteiger charge is 2.45. The number of nitrogens with one attached hydrogen (secondary N) is 1. The van der Waals surface area contributed by atoms with Crippen molar-refractivity contribution >= 4 is 17.0 Å². The van der Waals surface area contributed by atoms with Gasteiger partial charge >= 0.3 is 5.76 Å². The molecular formula is C20H23N5O3. The molecule has 3 aromatic rings. The number of nitrogens with zero attached hydrogens (tertiary/aromatic N) is 4. The van der Waals surface area contributed by atoms with Gasteiger partial charge in [-0.15, -0.1) is 0 Å². The van der Waals surface area contributed by atoms with Gasteiger partial charge in [0.05, 0.1) is 23.1 Å². The fourth-order valence-electron chi connectivity index (χ4n) is 4.73. The van der Waals surface area contributed by atoms with Crippen molar-refractivity contribution in [1.29, 1.82) is 0 Å². The van der Waals surface area contributed by atoms with Crippen molar-refractivity contribution in [3.05, 3.63) is 52.5 Å². The fraction of sp³-hybridized carbons (Fsp3) is 0.450. The van der Waals surface area contributed by atoms with Gasteiger partial charge in [0.2, 0.25) is 5.91 Å². The molecular weight excluding hydrogens is 358 g/mol. The summed E-state index contributed by atoms with van der Waals surface area (Å²) in [7, 11) is 2.15. The topological polar surface area (TPSA) is 87.4 Å². The molecule has 28 heavy (non-hydrogen) atoms. The average molecular weight is 381 g/mol. The first-order chi connectivity index (χ1) is 13.6. The van der Waals surface area contributed by atoms with Gasteiger partial charge in [-0.3, -0.25) is 14.3 Å². The number of para-hydroxylation sites is 2. The maximum absolute atomic E-state index is 12.9. The second kappa shape index (κ2) is 6.34. The summed E-state index contributed by atoms with van der Waals surface area (Å²) in [5.74, 6) is -0.541. The average Bonchev–Trinajstić information content (AvgIpc) is 3.31. The minimum atomic E-state index is -0.490. The van der Waals surface area contributed by atoms with Crippen LogP contribution in [0.25, 0.3) is 11.1 Å². The number of fused-ring (bicyclic) bond motifs is 3. The zero-order chi connectivity index (χ0) is 19.3. The van der Waals surface area contributed by atoms with E-state index in [1.165, 1.54) is 10.3 Å². The first-order valence-corrected chi connectivity index (χ1v) is 9.69. The van der Waals surface area contributed by atoms with Gasteiger partial charge < -0.3 is 14.3 Å². The van der Waals surface area contributed by atoms with E-state index in [2.05, 4.69) is 21.9 Å². The predicted molar refractivity (Wildman–Crippen MR) is 103 cm³/mol. The molecule has 1 fully saturated rings. The smallest absolute Gasteiger partial charge is 0.408 e. The van der Waals surface area contributed by atoms with Gasteiger partial charge in [0.15, 0.2) is 5.58 Å². The predicted octanol–water partition coefficient (Wildman–Crippen LogP) is 1.32. The molecule has 0 bridgehead atoms. The van der Waals surface area contributed by atoms with Crippen LogP contribution in [0.15, 0.2) is 39.8 Å². The van der Waals surface area contributed by atoms with Gasteiger partial charge in [0, 0.05) is 31.7 Å². The first kappa shape index (κ1) is 17.2. The molecule has 5 rings (SSSR count). The Hall–Kier alpha value is -2.87. The SMILES string of the molecule is CN1CCc2[nH]cnc2C12CCN(C(=O)Cn1c(=O)oc3ccccc31)CC2. The molecule has 0 atom stereocenters. The van der Waals surface area contributed by atoms with Gasteiger partial charge in [0.25, 0.3) is 0 Å². The number of aromatic nitrogens is 3. The lowest BCUT2D eigenvalue weighted by Gasteiger charge is -2.49. The highest BCUT2D eigenvalue weighted by atomic mass is 16.4. The zero-order valence-electron chi connectivity index (χ0n) is 15.9. The molecule has 0 aliphatic carbocycles. The number of likely N-dealkylation sites (tertiary alicyclic amines) is 1. The molecule has 2 aliphatic rings. The molecule has 1 spiro atoms. The number of imidazole rings is 1. The van der Waals surface area contributed by atoms with E-state index in [1.54, 1.807) is 18.5 Å². The van der Waals surface area contributed by atoms with Gasteiger partial charge in [-0.2, -0.15) is 0 Å². The van der Waals surface area contributed by atoms with E-state index in [0.717, 1.165) is 31.5 Å². The van der Waals surface area contributed by atoms with Crippen LogP contribution in [0.4, 0.5) is 0 Å². The number of hydrogen-bond donors (Lipinski definition) is 1. The molecule has 1 aromatic carbocycles. The molecule has 0 radical (unpaired) electrons. The summed E-state index contributed by atoms with van der Waals surface area (Å²) < 4.78 is 6.66. The number of likely N-dealkylation sites (N-methyl/N-ethyl adjacent to an activating group) is 1. The Balaban J connectivity index is 1.34. The number of H-pyrrole nitrogens is 1. The number of piperidine rings is 1. The highest BCUT2D eigenvalue weighted by molar-refractivity contribution is 5.79. The summed E-state index contributed by atoms with van der Waals surface area (Å²) in [5.41, 5.74) is 3.40. The Kier molecular flexibility index (Phi) is 3.90. The van der Waals surface area contributed by atoms with Crippen LogP contribution in [-0.4, -0.2) is 56.9 Å². The molecule has 146 valence electrons. The van der Waals surface area contributed by atoms with Gasteiger partial charge in [-0.05, 0) is 32.0 Å². The van der Waals surface area contributed by atoms with Crippen molar-refractivity contribution in [2.75, 3.05) is 26.7 Å². The normalized spacial score (nSPS) is 19.2. The molecule has 8 heteroatoms. The number of aromatic amines is 1. The van der Waals surface area contributed by atoms with Crippen molar-refractivity contribution in [3.63, 3.8) is 0 Å². The fourth-order valence-corrected chi connectivity index (χ4v) is 4.73. The van der Waals surface area contributed by atoms with Crippen molar-refractivity contribution in [1.82, 2.24) is 24.3 Å². The van der Waals surface area contributed by atoms with Crippen LogP contribution in [0, 0.1) is 0 Å². The van der Waals surface area contributed by atoms with Crippen molar-refractivity contribution in [2.24, 2.45) is 0 Å². The number of hydrogen-bond acceptors (Lipinski definition) is 5. The monoisotopic (exact) mass is 381 g/mol. The Morgan fingerprint density at radius 1 is 1.25 bits per heavy atom. The minimum absolute atomic E-state index is 0.00629. The summed E-state index contributed by atoms with van der Waals surface area (Å²) in [6.07, 6.45) is 4.44. The van der Waals surface area contributed by atoms with Crippen LogP contribution in [0.3, 0.4) is 0 Å². The van der Waals surface area contributed by atoms with Crippen LogP contribution < -0.4 is 5.76 Å². The van der Waals surface area contributed by atoms with Crippen molar-refractivity contribution < 1.29 is 9.21 Å². The second-order valence-corrected chi connectivity index (χ2v) is 7.74. The van der Waals surface area contributed by atoms with E-state index in [0.29, 0.717) is 24.2 Å². The van der Waals surface area contributed by atoms with Gasteiger partial charge in [-0.1, -0.05) is 12.1 Å². The number of oxazole rings is 1. The summed E-state index contributed by atoms with van der Waals surface area (Å²) in [6, 6.07) is 7.19. The maximum atomic E-state index is 12.9. The molecule has 0 unspecified atom stereocenters. The van der Waals surface area contributed by atoms with Crippen molar-refractivity contribution in [3.8, 4) is 0 Å². The van der Waals surface area contributed by atoms with E-state index in [1.807, 2.05) is 17.0 Å². The Morgan fingerprint density at radius 3 is 2.86 bits per heavy atom. The summed E-state index contributed by atoms with van der Waals surface area (Å²) in [6.45, 7) is 2.30. The lowest BCUT2D eigenvalue weighted by molar-refractivity contribution is -0.135. The maximum Gasteiger partial charge on any atom is 0.420 e. The van der Waals surface area contributed by atoms with E-state index in [4.69, 9.17) is 4.42 Å². The van der Waals surface area contributed by atoms with Crippen LogP contribution >= 0.6 is 0 Å². The highest BCUT2D eigenvalue weighted by Crippen LogP contribution is 2.41.